The van der Waals surface area contributed by atoms with Crippen LogP contribution in [0.1, 0.15) is 45.3 Å². The summed E-state index contributed by atoms with van der Waals surface area (Å²) in [6.07, 6.45) is -3.82. The molecule has 9 heteroatoms. The molecular formula is C12H18F3N3O3. The average Bonchev–Trinajstić information content (AvgIpc) is 2.74. The summed E-state index contributed by atoms with van der Waals surface area (Å²) in [7, 11) is 0. The summed E-state index contributed by atoms with van der Waals surface area (Å²) in [6.45, 7) is 5.61. The molecule has 1 aromatic heterocycles. The summed E-state index contributed by atoms with van der Waals surface area (Å²) in [5.74, 6) is -1.34. The Balaban J connectivity index is 2.20. The molecule has 0 aliphatic heterocycles. The van der Waals surface area contributed by atoms with Crippen LogP contribution in [0.5, 0.6) is 0 Å². The molecule has 1 amide bonds. The Labute approximate surface area is 120 Å². The minimum atomic E-state index is -4.62. The molecule has 0 saturated heterocycles. The van der Waals surface area contributed by atoms with Crippen LogP contribution in [0.2, 0.25) is 0 Å². The van der Waals surface area contributed by atoms with Gasteiger partial charge in [0.15, 0.2) is 5.82 Å². The molecule has 21 heavy (non-hydrogen) atoms. The first-order valence-electron chi connectivity index (χ1n) is 6.44. The topological polar surface area (TPSA) is 77.2 Å². The van der Waals surface area contributed by atoms with Crippen LogP contribution in [0.25, 0.3) is 0 Å². The fourth-order valence-corrected chi connectivity index (χ4v) is 1.38. The molecule has 0 radical (unpaired) electrons. The van der Waals surface area contributed by atoms with E-state index in [2.05, 4.69) is 20.0 Å². The highest BCUT2D eigenvalue weighted by atomic mass is 19.4. The Bertz CT molecular complexity index is 466. The van der Waals surface area contributed by atoms with Crippen LogP contribution in [0.3, 0.4) is 0 Å². The molecule has 0 fully saturated rings. The first-order valence-corrected chi connectivity index (χ1v) is 6.44. The van der Waals surface area contributed by atoms with Gasteiger partial charge in [0.05, 0.1) is 0 Å². The van der Waals surface area contributed by atoms with E-state index in [9.17, 15) is 18.0 Å². The van der Waals surface area contributed by atoms with E-state index in [1.54, 1.807) is 20.8 Å². The maximum Gasteiger partial charge on any atom is 0.471 e. The largest absolute Gasteiger partial charge is 0.471 e. The van der Waals surface area contributed by atoms with Gasteiger partial charge in [0.25, 0.3) is 0 Å². The molecule has 0 aliphatic rings. The van der Waals surface area contributed by atoms with Gasteiger partial charge in [-0.2, -0.15) is 18.2 Å². The lowest BCUT2D eigenvalue weighted by atomic mass is 10.2. The predicted octanol–water partition coefficient (Wildman–Crippen LogP) is 2.94. The third-order valence-corrected chi connectivity index (χ3v) is 2.21. The first kappa shape index (κ1) is 17.3. The van der Waals surface area contributed by atoms with Crippen molar-refractivity contribution in [3.05, 3.63) is 11.7 Å². The van der Waals surface area contributed by atoms with E-state index in [1.165, 1.54) is 0 Å². The number of aromatic nitrogens is 2. The van der Waals surface area contributed by atoms with E-state index in [4.69, 9.17) is 4.74 Å². The van der Waals surface area contributed by atoms with Gasteiger partial charge in [-0.05, 0) is 33.6 Å². The smallest absolute Gasteiger partial charge is 0.444 e. The fourth-order valence-electron chi connectivity index (χ4n) is 1.38. The van der Waals surface area contributed by atoms with E-state index in [0.29, 0.717) is 19.4 Å². The van der Waals surface area contributed by atoms with Gasteiger partial charge in [-0.25, -0.2) is 4.79 Å². The number of rotatable bonds is 5. The Kier molecular flexibility index (Phi) is 5.56. The zero-order valence-electron chi connectivity index (χ0n) is 12.1. The molecule has 0 aromatic carbocycles. The first-order chi connectivity index (χ1) is 9.58. The maximum absolute atomic E-state index is 12.2. The molecular weight excluding hydrogens is 291 g/mol. The molecule has 0 saturated carbocycles. The number of carbonyl (C=O) groups is 1. The number of nitrogens with one attached hydrogen (secondary N) is 1. The van der Waals surface area contributed by atoms with Gasteiger partial charge in [0.2, 0.25) is 0 Å². The quantitative estimate of drug-likeness (QED) is 0.846. The molecule has 6 nitrogen and oxygen atoms in total. The minimum Gasteiger partial charge on any atom is -0.444 e. The lowest BCUT2D eigenvalue weighted by molar-refractivity contribution is -0.159. The van der Waals surface area contributed by atoms with Crippen molar-refractivity contribution < 1.29 is 27.2 Å². The van der Waals surface area contributed by atoms with Gasteiger partial charge in [-0.1, -0.05) is 5.16 Å². The Hall–Kier alpha value is -1.80. The van der Waals surface area contributed by atoms with Gasteiger partial charge in [-0.15, -0.1) is 0 Å². The lowest BCUT2D eigenvalue weighted by Crippen LogP contribution is -2.33. The number of hydrogen-bond acceptors (Lipinski definition) is 5. The molecule has 1 rings (SSSR count). The highest BCUT2D eigenvalue weighted by molar-refractivity contribution is 5.67. The van der Waals surface area contributed by atoms with E-state index < -0.39 is 23.8 Å². The fraction of sp³-hybridized carbons (Fsp3) is 0.750. The van der Waals surface area contributed by atoms with Crippen LogP contribution in [-0.4, -0.2) is 28.4 Å². The van der Waals surface area contributed by atoms with Crippen LogP contribution in [-0.2, 0) is 17.3 Å². The van der Waals surface area contributed by atoms with Crippen LogP contribution >= 0.6 is 0 Å². The van der Waals surface area contributed by atoms with Crippen molar-refractivity contribution in [2.24, 2.45) is 0 Å². The summed E-state index contributed by atoms with van der Waals surface area (Å²) in [4.78, 5) is 14.6. The third-order valence-electron chi connectivity index (χ3n) is 2.21. The number of nitrogens with zero attached hydrogens (tertiary/aromatic N) is 2. The number of halogens is 3. The third kappa shape index (κ3) is 6.96. The van der Waals surface area contributed by atoms with Crippen LogP contribution in [0.15, 0.2) is 4.52 Å². The van der Waals surface area contributed by atoms with Gasteiger partial charge in [-0.3, -0.25) is 0 Å². The van der Waals surface area contributed by atoms with Crippen molar-refractivity contribution in [1.82, 2.24) is 15.5 Å². The van der Waals surface area contributed by atoms with Gasteiger partial charge in [0.1, 0.15) is 5.60 Å². The van der Waals surface area contributed by atoms with E-state index in [0.717, 1.165) is 0 Å². The molecule has 0 aliphatic carbocycles. The number of alkyl carbamates (subject to hydrolysis) is 1. The molecule has 0 spiro atoms. The van der Waals surface area contributed by atoms with Crippen LogP contribution < -0.4 is 5.32 Å². The maximum atomic E-state index is 12.2. The lowest BCUT2D eigenvalue weighted by Gasteiger charge is -2.19. The number of ether oxygens (including phenoxy) is 1. The number of unbranched alkanes of at least 4 members (excludes halogenated alkanes) is 1. The summed E-state index contributed by atoms with van der Waals surface area (Å²) < 4.78 is 45.8. The second-order valence-electron chi connectivity index (χ2n) is 5.40. The highest BCUT2D eigenvalue weighted by Crippen LogP contribution is 2.27. The number of carbonyl (C=O) groups excluding carboxylic acids is 1. The van der Waals surface area contributed by atoms with Gasteiger partial charge < -0.3 is 14.6 Å². The van der Waals surface area contributed by atoms with Crippen LogP contribution in [0, 0.1) is 0 Å². The average molecular weight is 309 g/mol. The number of aryl methyl sites for hydroxylation is 1. The molecule has 0 unspecified atom stereocenters. The van der Waals surface area contributed by atoms with E-state index in [-0.39, 0.29) is 12.2 Å². The number of hydrogen-bond donors (Lipinski definition) is 1. The normalized spacial score (nSPS) is 12.3. The summed E-state index contributed by atoms with van der Waals surface area (Å²) in [5.41, 5.74) is -0.567. The Morgan fingerprint density at radius 2 is 1.95 bits per heavy atom. The van der Waals surface area contributed by atoms with Gasteiger partial charge >= 0.3 is 18.2 Å². The summed E-state index contributed by atoms with van der Waals surface area (Å²) in [6, 6.07) is 0. The molecule has 1 N–H and O–H groups in total. The molecule has 0 bridgehead atoms. The molecule has 1 aromatic rings. The standard InChI is InChI=1S/C12H18F3N3O3/c1-11(2,3)20-10(19)16-7-5-4-6-8-17-9(21-18-8)12(13,14)15/h4-7H2,1-3H3,(H,16,19). The van der Waals surface area contributed by atoms with Crippen molar-refractivity contribution in [2.75, 3.05) is 6.54 Å². The van der Waals surface area contributed by atoms with Crippen molar-refractivity contribution >= 4 is 6.09 Å². The zero-order chi connectivity index (χ0) is 16.1. The Morgan fingerprint density at radius 1 is 1.29 bits per heavy atom. The number of alkyl halides is 3. The van der Waals surface area contributed by atoms with E-state index in [1.807, 2.05) is 0 Å². The number of amides is 1. The van der Waals surface area contributed by atoms with Crippen molar-refractivity contribution in [3.63, 3.8) is 0 Å². The van der Waals surface area contributed by atoms with Crippen molar-refractivity contribution in [3.8, 4) is 0 Å². The summed E-state index contributed by atoms with van der Waals surface area (Å²) in [5, 5.41) is 5.80. The minimum absolute atomic E-state index is 0.000377. The van der Waals surface area contributed by atoms with Crippen LogP contribution in [0.4, 0.5) is 18.0 Å². The second kappa shape index (κ2) is 6.77. The van der Waals surface area contributed by atoms with E-state index >= 15 is 0 Å². The predicted molar refractivity (Wildman–Crippen MR) is 66.5 cm³/mol. The van der Waals surface area contributed by atoms with Crippen molar-refractivity contribution in [1.29, 1.82) is 0 Å². The molecule has 120 valence electrons. The Morgan fingerprint density at radius 3 is 2.48 bits per heavy atom. The molecule has 0 atom stereocenters. The SMILES string of the molecule is CC(C)(C)OC(=O)NCCCCc1noc(C(F)(F)F)n1. The highest BCUT2D eigenvalue weighted by Gasteiger charge is 2.38. The molecule has 1 heterocycles. The second-order valence-corrected chi connectivity index (χ2v) is 5.40. The zero-order valence-corrected chi connectivity index (χ0v) is 12.1. The monoisotopic (exact) mass is 309 g/mol. The summed E-state index contributed by atoms with van der Waals surface area (Å²) >= 11 is 0. The van der Waals surface area contributed by atoms with Crippen molar-refractivity contribution in [2.45, 2.75) is 51.8 Å². The van der Waals surface area contributed by atoms with Gasteiger partial charge in [0, 0.05) is 13.0 Å².